The number of aliphatic hydroxyl groups is 1. The monoisotopic (exact) mass is 343 g/mol. The number of rotatable bonds is 8. The second kappa shape index (κ2) is 9.20. The van der Waals surface area contributed by atoms with Crippen molar-refractivity contribution in [2.75, 3.05) is 13.7 Å². The molecule has 0 saturated heterocycles. The van der Waals surface area contributed by atoms with Crippen molar-refractivity contribution in [3.05, 3.63) is 65.2 Å². The maximum absolute atomic E-state index is 11.6. The highest BCUT2D eigenvalue weighted by atomic mass is 16.5. The summed E-state index contributed by atoms with van der Waals surface area (Å²) in [5.74, 6) is -0.789. The molecule has 0 saturated carbocycles. The predicted molar refractivity (Wildman–Crippen MR) is 96.6 cm³/mol. The van der Waals surface area contributed by atoms with E-state index in [9.17, 15) is 15.0 Å². The van der Waals surface area contributed by atoms with E-state index in [0.29, 0.717) is 12.1 Å². The van der Waals surface area contributed by atoms with Crippen molar-refractivity contribution in [3.8, 4) is 5.75 Å². The molecule has 2 rings (SSSR count). The molecule has 2 aromatic rings. The highest BCUT2D eigenvalue weighted by molar-refractivity contribution is 5.92. The Kier molecular flexibility index (Phi) is 6.98. The molecule has 0 aliphatic heterocycles. The first-order valence-electron chi connectivity index (χ1n) is 8.38. The summed E-state index contributed by atoms with van der Waals surface area (Å²) in [5, 5.41) is 23.3. The number of carbonyl (C=O) groups excluding carboxylic acids is 1. The number of phenols is 1. The van der Waals surface area contributed by atoms with Gasteiger partial charge in [0, 0.05) is 12.6 Å². The van der Waals surface area contributed by atoms with E-state index in [1.165, 1.54) is 24.8 Å². The summed E-state index contributed by atoms with van der Waals surface area (Å²) in [6.07, 6.45) is 1.15. The zero-order valence-corrected chi connectivity index (χ0v) is 14.6. The summed E-state index contributed by atoms with van der Waals surface area (Å²) in [7, 11) is 1.25. The van der Waals surface area contributed by atoms with Gasteiger partial charge in [-0.3, -0.25) is 0 Å². The Balaban J connectivity index is 1.87. The molecule has 0 amide bonds. The summed E-state index contributed by atoms with van der Waals surface area (Å²) >= 11 is 0. The van der Waals surface area contributed by atoms with Gasteiger partial charge in [0.1, 0.15) is 11.3 Å². The van der Waals surface area contributed by atoms with Gasteiger partial charge >= 0.3 is 5.97 Å². The second-order valence-electron chi connectivity index (χ2n) is 6.12. The van der Waals surface area contributed by atoms with Crippen molar-refractivity contribution in [1.82, 2.24) is 5.32 Å². The third-order valence-electron chi connectivity index (χ3n) is 4.18. The van der Waals surface area contributed by atoms with Gasteiger partial charge in [0.15, 0.2) is 0 Å². The van der Waals surface area contributed by atoms with E-state index in [0.717, 1.165) is 12.8 Å². The van der Waals surface area contributed by atoms with Gasteiger partial charge in [0.2, 0.25) is 0 Å². The Labute approximate surface area is 148 Å². The van der Waals surface area contributed by atoms with E-state index in [4.69, 9.17) is 0 Å². The number of methoxy groups -OCH3 is 1. The summed E-state index contributed by atoms with van der Waals surface area (Å²) in [6.45, 7) is 2.44. The van der Waals surface area contributed by atoms with Crippen LogP contribution < -0.4 is 5.32 Å². The van der Waals surface area contributed by atoms with Gasteiger partial charge in [0.25, 0.3) is 0 Å². The van der Waals surface area contributed by atoms with E-state index in [1.807, 2.05) is 18.2 Å². The average Bonchev–Trinajstić information content (AvgIpc) is 2.65. The summed E-state index contributed by atoms with van der Waals surface area (Å²) in [6, 6.07) is 15.0. The number of benzene rings is 2. The molecule has 5 nitrogen and oxygen atoms in total. The number of esters is 1. The van der Waals surface area contributed by atoms with Crippen molar-refractivity contribution in [3.63, 3.8) is 0 Å². The second-order valence-corrected chi connectivity index (χ2v) is 6.12. The van der Waals surface area contributed by atoms with Gasteiger partial charge in [-0.25, -0.2) is 4.79 Å². The molecule has 0 aromatic heterocycles. The third kappa shape index (κ3) is 5.59. The van der Waals surface area contributed by atoms with Gasteiger partial charge in [-0.1, -0.05) is 36.4 Å². The van der Waals surface area contributed by atoms with E-state index >= 15 is 0 Å². The largest absolute Gasteiger partial charge is 0.507 e. The molecule has 0 heterocycles. The fourth-order valence-electron chi connectivity index (χ4n) is 2.59. The molecule has 134 valence electrons. The number of aliphatic hydroxyl groups excluding tert-OH is 1. The zero-order valence-electron chi connectivity index (χ0n) is 14.6. The van der Waals surface area contributed by atoms with Crippen LogP contribution in [-0.4, -0.2) is 35.9 Å². The van der Waals surface area contributed by atoms with Gasteiger partial charge in [-0.15, -0.1) is 0 Å². The molecule has 0 radical (unpaired) electrons. The van der Waals surface area contributed by atoms with E-state index in [1.54, 1.807) is 6.07 Å². The summed E-state index contributed by atoms with van der Waals surface area (Å²) < 4.78 is 4.63. The number of nitrogens with one attached hydrogen (secondary N) is 1. The summed E-state index contributed by atoms with van der Waals surface area (Å²) in [4.78, 5) is 11.6. The molecular weight excluding hydrogens is 318 g/mol. The van der Waals surface area contributed by atoms with Crippen LogP contribution in [0.1, 0.15) is 40.9 Å². The van der Waals surface area contributed by atoms with Crippen molar-refractivity contribution >= 4 is 5.97 Å². The standard InChI is InChI=1S/C20H25NO4/c1-14(8-9-15-6-4-3-5-7-15)21-13-19(23)16-10-11-18(22)17(12-16)20(24)25-2/h3-7,10-12,14,19,21-23H,8-9,13H2,1-2H3/t14-,19+/m0/s1. The fraction of sp³-hybridized carbons (Fsp3) is 0.350. The molecule has 0 unspecified atom stereocenters. The average molecular weight is 343 g/mol. The van der Waals surface area contributed by atoms with Gasteiger partial charge in [0.05, 0.1) is 13.2 Å². The van der Waals surface area contributed by atoms with Gasteiger partial charge in [-0.2, -0.15) is 0 Å². The van der Waals surface area contributed by atoms with Crippen LogP contribution in [0.2, 0.25) is 0 Å². The first-order valence-corrected chi connectivity index (χ1v) is 8.38. The maximum atomic E-state index is 11.6. The number of ether oxygens (including phenoxy) is 1. The molecule has 3 N–H and O–H groups in total. The minimum Gasteiger partial charge on any atom is -0.507 e. The van der Waals surface area contributed by atoms with Crippen LogP contribution in [0.4, 0.5) is 0 Å². The molecule has 0 aliphatic rings. The number of hydrogen-bond acceptors (Lipinski definition) is 5. The van der Waals surface area contributed by atoms with Crippen molar-refractivity contribution in [2.24, 2.45) is 0 Å². The Morgan fingerprint density at radius 3 is 2.60 bits per heavy atom. The Morgan fingerprint density at radius 2 is 1.92 bits per heavy atom. The third-order valence-corrected chi connectivity index (χ3v) is 4.18. The van der Waals surface area contributed by atoms with Gasteiger partial charge in [-0.05, 0) is 43.0 Å². The van der Waals surface area contributed by atoms with Crippen LogP contribution in [0.15, 0.2) is 48.5 Å². The minimum absolute atomic E-state index is 0.0520. The maximum Gasteiger partial charge on any atom is 0.341 e. The number of aryl methyl sites for hydroxylation is 1. The van der Waals surface area contributed by atoms with Crippen LogP contribution in [0.25, 0.3) is 0 Å². The lowest BCUT2D eigenvalue weighted by Crippen LogP contribution is -2.30. The lowest BCUT2D eigenvalue weighted by atomic mass is 10.0. The molecule has 0 aliphatic carbocycles. The van der Waals surface area contributed by atoms with Crippen LogP contribution in [0.5, 0.6) is 5.75 Å². The number of carbonyl (C=O) groups is 1. The van der Waals surface area contributed by atoms with E-state index < -0.39 is 12.1 Å². The molecule has 0 fully saturated rings. The Hall–Kier alpha value is -2.37. The van der Waals surface area contributed by atoms with Crippen molar-refractivity contribution < 1.29 is 19.7 Å². The first kappa shape index (κ1) is 19.0. The smallest absolute Gasteiger partial charge is 0.341 e. The van der Waals surface area contributed by atoms with Crippen LogP contribution in [0.3, 0.4) is 0 Å². The quantitative estimate of drug-likeness (QED) is 0.643. The normalized spacial score (nSPS) is 13.2. The molecule has 2 aromatic carbocycles. The topological polar surface area (TPSA) is 78.8 Å². The molecule has 25 heavy (non-hydrogen) atoms. The van der Waals surface area contributed by atoms with E-state index in [-0.39, 0.29) is 17.4 Å². The van der Waals surface area contributed by atoms with Crippen molar-refractivity contribution in [1.29, 1.82) is 0 Å². The number of hydrogen-bond donors (Lipinski definition) is 3. The number of aromatic hydroxyl groups is 1. The van der Waals surface area contributed by atoms with Gasteiger partial charge < -0.3 is 20.3 Å². The van der Waals surface area contributed by atoms with Crippen LogP contribution in [-0.2, 0) is 11.2 Å². The molecule has 0 bridgehead atoms. The van der Waals surface area contributed by atoms with Crippen molar-refractivity contribution in [2.45, 2.75) is 31.9 Å². The highest BCUT2D eigenvalue weighted by Crippen LogP contribution is 2.23. The molecule has 0 spiro atoms. The summed E-state index contributed by atoms with van der Waals surface area (Å²) in [5.41, 5.74) is 1.90. The predicted octanol–water partition coefficient (Wildman–Crippen LogP) is 2.82. The lowest BCUT2D eigenvalue weighted by molar-refractivity contribution is 0.0597. The van der Waals surface area contributed by atoms with Crippen LogP contribution >= 0.6 is 0 Å². The zero-order chi connectivity index (χ0) is 18.2. The SMILES string of the molecule is COC(=O)c1cc([C@H](O)CN[C@@H](C)CCc2ccccc2)ccc1O. The van der Waals surface area contributed by atoms with Crippen LogP contribution in [0, 0.1) is 0 Å². The number of phenolic OH excluding ortho intramolecular Hbond substituents is 1. The minimum atomic E-state index is -0.775. The molecular formula is C20H25NO4. The lowest BCUT2D eigenvalue weighted by Gasteiger charge is -2.18. The first-order chi connectivity index (χ1) is 12.0. The Bertz CT molecular complexity index is 687. The molecule has 5 heteroatoms. The Morgan fingerprint density at radius 1 is 1.20 bits per heavy atom. The molecule has 2 atom stereocenters. The van der Waals surface area contributed by atoms with E-state index in [2.05, 4.69) is 29.1 Å². The fourth-order valence-corrected chi connectivity index (χ4v) is 2.59. The highest BCUT2D eigenvalue weighted by Gasteiger charge is 2.16.